The number of morpholine rings is 1. The number of aromatic nitrogens is 3. The van der Waals surface area contributed by atoms with Crippen LogP contribution in [0.25, 0.3) is 10.9 Å². The summed E-state index contributed by atoms with van der Waals surface area (Å²) in [7, 11) is 1.63. The van der Waals surface area contributed by atoms with Crippen molar-refractivity contribution in [3.05, 3.63) is 33.3 Å². The zero-order chi connectivity index (χ0) is 24.4. The van der Waals surface area contributed by atoms with E-state index in [0.717, 1.165) is 79.1 Å². The summed E-state index contributed by atoms with van der Waals surface area (Å²) in [5, 5.41) is 13.9. The third kappa shape index (κ3) is 4.89. The van der Waals surface area contributed by atoms with Gasteiger partial charge in [0.25, 0.3) is 0 Å². The molecule has 0 radical (unpaired) electrons. The number of ether oxygens (including phenoxy) is 3. The van der Waals surface area contributed by atoms with E-state index in [1.165, 1.54) is 11.3 Å². The molecule has 0 aliphatic carbocycles. The monoisotopic (exact) mass is 497 g/mol. The largest absolute Gasteiger partial charge is 0.491 e. The van der Waals surface area contributed by atoms with Crippen LogP contribution in [0.4, 0.5) is 5.82 Å². The molecule has 5 rings (SSSR count). The number of nitrogens with one attached hydrogen (secondary N) is 2. The molecule has 0 saturated carbocycles. The fourth-order valence-corrected chi connectivity index (χ4v) is 5.36. The van der Waals surface area contributed by atoms with Crippen LogP contribution in [0, 0.1) is 19.3 Å². The van der Waals surface area contributed by atoms with Gasteiger partial charge in [0, 0.05) is 38.1 Å². The SMILES string of the molecule is COc1c(OCCCN2CCOCC2)ccc2c3n(c(=NC(=N)c4sc(C)nc4C)nc12)CCN3. The second-order valence-corrected chi connectivity index (χ2v) is 9.80. The first-order valence-electron chi connectivity index (χ1n) is 11.9. The van der Waals surface area contributed by atoms with E-state index < -0.39 is 0 Å². The van der Waals surface area contributed by atoms with E-state index in [2.05, 4.69) is 20.2 Å². The van der Waals surface area contributed by atoms with Gasteiger partial charge in [-0.25, -0.2) is 9.97 Å². The van der Waals surface area contributed by atoms with Crippen LogP contribution in [0.1, 0.15) is 22.0 Å². The van der Waals surface area contributed by atoms with Crippen molar-refractivity contribution in [1.82, 2.24) is 19.4 Å². The average molecular weight is 498 g/mol. The molecule has 2 N–H and O–H groups in total. The number of hydrogen-bond donors (Lipinski definition) is 2. The van der Waals surface area contributed by atoms with E-state index in [4.69, 9.17) is 24.6 Å². The highest BCUT2D eigenvalue weighted by Crippen LogP contribution is 2.37. The van der Waals surface area contributed by atoms with Crippen LogP contribution in [0.15, 0.2) is 17.1 Å². The van der Waals surface area contributed by atoms with Gasteiger partial charge in [-0.3, -0.25) is 14.9 Å². The molecule has 3 aromatic rings. The molecule has 11 heteroatoms. The second-order valence-electron chi connectivity index (χ2n) is 8.60. The predicted molar refractivity (Wildman–Crippen MR) is 136 cm³/mol. The normalized spacial score (nSPS) is 16.4. The molecule has 35 heavy (non-hydrogen) atoms. The van der Waals surface area contributed by atoms with Crippen molar-refractivity contribution in [2.24, 2.45) is 4.99 Å². The highest BCUT2D eigenvalue weighted by molar-refractivity contribution is 7.13. The minimum Gasteiger partial charge on any atom is -0.491 e. The molecular weight excluding hydrogens is 466 g/mol. The zero-order valence-electron chi connectivity index (χ0n) is 20.4. The Labute approximate surface area is 208 Å². The summed E-state index contributed by atoms with van der Waals surface area (Å²) in [6.45, 7) is 10.5. The molecule has 0 spiro atoms. The van der Waals surface area contributed by atoms with Crippen molar-refractivity contribution in [3.8, 4) is 11.5 Å². The summed E-state index contributed by atoms with van der Waals surface area (Å²) in [4.78, 5) is 17.1. The number of aryl methyl sites for hydroxylation is 2. The molecule has 10 nitrogen and oxygen atoms in total. The third-order valence-corrected chi connectivity index (χ3v) is 7.30. The predicted octanol–water partition coefficient (Wildman–Crippen LogP) is 2.57. The van der Waals surface area contributed by atoms with Crippen LogP contribution >= 0.6 is 11.3 Å². The van der Waals surface area contributed by atoms with E-state index in [1.807, 2.05) is 30.5 Å². The van der Waals surface area contributed by atoms with Crippen molar-refractivity contribution in [2.45, 2.75) is 26.8 Å². The topological polar surface area (TPSA) is 110 Å². The second kappa shape index (κ2) is 10.3. The molecule has 1 aromatic carbocycles. The molecule has 0 amide bonds. The van der Waals surface area contributed by atoms with Gasteiger partial charge in [-0.05, 0) is 32.4 Å². The van der Waals surface area contributed by atoms with Crippen molar-refractivity contribution < 1.29 is 14.2 Å². The lowest BCUT2D eigenvalue weighted by atomic mass is 10.2. The summed E-state index contributed by atoms with van der Waals surface area (Å²) in [5.41, 5.74) is 1.95. The maximum Gasteiger partial charge on any atom is 0.233 e. The van der Waals surface area contributed by atoms with E-state index in [9.17, 15) is 0 Å². The molecule has 1 fully saturated rings. The van der Waals surface area contributed by atoms with E-state index in [1.54, 1.807) is 7.11 Å². The van der Waals surface area contributed by atoms with Crippen LogP contribution in [-0.2, 0) is 11.3 Å². The molecule has 4 heterocycles. The zero-order valence-corrected chi connectivity index (χ0v) is 21.2. The number of fused-ring (bicyclic) bond motifs is 3. The summed E-state index contributed by atoms with van der Waals surface area (Å²) in [6.07, 6.45) is 0.918. The Morgan fingerprint density at radius 1 is 1.23 bits per heavy atom. The summed E-state index contributed by atoms with van der Waals surface area (Å²) < 4.78 is 19.3. The van der Waals surface area contributed by atoms with Gasteiger partial charge in [-0.1, -0.05) is 0 Å². The number of amidine groups is 1. The number of rotatable bonds is 7. The maximum absolute atomic E-state index is 8.59. The molecule has 1 saturated heterocycles. The Balaban J connectivity index is 1.45. The lowest BCUT2D eigenvalue weighted by molar-refractivity contribution is 0.0357. The molecule has 2 aliphatic heterocycles. The van der Waals surface area contributed by atoms with Gasteiger partial charge in [0.2, 0.25) is 5.62 Å². The van der Waals surface area contributed by atoms with Crippen LogP contribution in [0.2, 0.25) is 0 Å². The molecule has 2 aliphatic rings. The molecule has 0 atom stereocenters. The van der Waals surface area contributed by atoms with Gasteiger partial charge in [0.1, 0.15) is 11.3 Å². The Kier molecular flexibility index (Phi) is 6.98. The number of benzene rings is 1. The lowest BCUT2D eigenvalue weighted by Gasteiger charge is -2.26. The first kappa shape index (κ1) is 23.7. The number of thiazole rings is 1. The molecule has 2 aromatic heterocycles. The van der Waals surface area contributed by atoms with Gasteiger partial charge < -0.3 is 19.5 Å². The van der Waals surface area contributed by atoms with Gasteiger partial charge >= 0.3 is 0 Å². The smallest absolute Gasteiger partial charge is 0.233 e. The quantitative estimate of drug-likeness (QED) is 0.293. The summed E-state index contributed by atoms with van der Waals surface area (Å²) >= 11 is 1.47. The minimum absolute atomic E-state index is 0.163. The number of methoxy groups -OCH3 is 1. The molecular formula is C24H31N7O3S. The highest BCUT2D eigenvalue weighted by Gasteiger charge is 2.21. The van der Waals surface area contributed by atoms with Crippen molar-refractivity contribution in [2.75, 3.05) is 58.4 Å². The van der Waals surface area contributed by atoms with Gasteiger partial charge in [-0.2, -0.15) is 4.99 Å². The van der Waals surface area contributed by atoms with Gasteiger partial charge in [-0.15, -0.1) is 11.3 Å². The highest BCUT2D eigenvalue weighted by atomic mass is 32.1. The van der Waals surface area contributed by atoms with Crippen molar-refractivity contribution in [3.63, 3.8) is 0 Å². The van der Waals surface area contributed by atoms with Gasteiger partial charge in [0.15, 0.2) is 17.3 Å². The number of anilines is 1. The average Bonchev–Trinajstić information content (AvgIpc) is 3.48. The fraction of sp³-hybridized carbons (Fsp3) is 0.500. The van der Waals surface area contributed by atoms with Gasteiger partial charge in [0.05, 0.1) is 42.5 Å². The maximum atomic E-state index is 8.59. The van der Waals surface area contributed by atoms with Crippen LogP contribution in [0.5, 0.6) is 11.5 Å². The fourth-order valence-electron chi connectivity index (χ4n) is 4.54. The molecule has 0 unspecified atom stereocenters. The first-order valence-corrected chi connectivity index (χ1v) is 12.7. The van der Waals surface area contributed by atoms with E-state index in [-0.39, 0.29) is 5.84 Å². The third-order valence-electron chi connectivity index (χ3n) is 6.22. The Bertz CT molecular complexity index is 1310. The van der Waals surface area contributed by atoms with Crippen molar-refractivity contribution >= 4 is 33.9 Å². The van der Waals surface area contributed by atoms with E-state index >= 15 is 0 Å². The van der Waals surface area contributed by atoms with Crippen LogP contribution in [0.3, 0.4) is 0 Å². The first-order chi connectivity index (χ1) is 17.0. The number of hydrogen-bond acceptors (Lipinski definition) is 9. The summed E-state index contributed by atoms with van der Waals surface area (Å²) in [6, 6.07) is 3.96. The van der Waals surface area contributed by atoms with Crippen LogP contribution < -0.4 is 20.4 Å². The Morgan fingerprint density at radius 2 is 2.06 bits per heavy atom. The van der Waals surface area contributed by atoms with Crippen molar-refractivity contribution in [1.29, 1.82) is 5.41 Å². The lowest BCUT2D eigenvalue weighted by Crippen LogP contribution is -2.37. The summed E-state index contributed by atoms with van der Waals surface area (Å²) in [5.74, 6) is 2.33. The van der Waals surface area contributed by atoms with E-state index in [0.29, 0.717) is 29.2 Å². The minimum atomic E-state index is 0.163. The standard InChI is InChI=1S/C24H31N7O3S/c1-15-21(35-16(2)27-15)22(25)29-24-28-19-17(23-26-7-9-31(23)24)5-6-18(20(19)32-3)34-12-4-8-30-10-13-33-14-11-30/h5-6,25-26H,4,7-14H2,1-3H3. The molecule has 0 bridgehead atoms. The molecule has 186 valence electrons. The van der Waals surface area contributed by atoms with Crippen LogP contribution in [-0.4, -0.2) is 78.4 Å². The number of nitrogens with zero attached hydrogens (tertiary/aromatic N) is 5. The Hall–Kier alpha value is -3.02. The Morgan fingerprint density at radius 3 is 2.80 bits per heavy atom.